The minimum atomic E-state index is -0.965. The highest BCUT2D eigenvalue weighted by molar-refractivity contribution is 6.33. The first-order chi connectivity index (χ1) is 13.0. The molecule has 0 radical (unpaired) electrons. The normalized spacial score (nSPS) is 18.1. The van der Waals surface area contributed by atoms with Gasteiger partial charge >= 0.3 is 0 Å². The molecule has 0 aromatic heterocycles. The molecule has 1 heterocycles. The molecule has 0 spiro atoms. The number of halogens is 2. The average Bonchev–Trinajstić information content (AvgIpc) is 2.95. The molecular formula is C22H17Cl2NO2. The van der Waals surface area contributed by atoms with E-state index in [-0.39, 0.29) is 5.91 Å². The number of rotatable bonds is 4. The summed E-state index contributed by atoms with van der Waals surface area (Å²) >= 11 is 12.8. The molecule has 136 valence electrons. The molecule has 1 aliphatic rings. The van der Waals surface area contributed by atoms with E-state index in [1.54, 1.807) is 7.11 Å². The number of hydrogen-bond acceptors (Lipinski definition) is 2. The minimum absolute atomic E-state index is 0.112. The van der Waals surface area contributed by atoms with Crippen molar-refractivity contribution in [3.8, 4) is 5.75 Å². The van der Waals surface area contributed by atoms with Gasteiger partial charge in [0.15, 0.2) is 0 Å². The summed E-state index contributed by atoms with van der Waals surface area (Å²) in [7, 11) is 1.61. The van der Waals surface area contributed by atoms with E-state index in [1.807, 2.05) is 66.7 Å². The Morgan fingerprint density at radius 1 is 1.00 bits per heavy atom. The molecule has 3 aromatic rings. The van der Waals surface area contributed by atoms with Crippen molar-refractivity contribution in [1.29, 1.82) is 0 Å². The van der Waals surface area contributed by atoms with Gasteiger partial charge in [0.25, 0.3) is 0 Å². The van der Waals surface area contributed by atoms with Crippen LogP contribution in [0, 0.1) is 0 Å². The Hall–Kier alpha value is -2.49. The number of carbonyl (C=O) groups excluding carboxylic acids is 1. The van der Waals surface area contributed by atoms with E-state index in [0.717, 1.165) is 22.4 Å². The number of ether oxygens (including phenoxy) is 1. The van der Waals surface area contributed by atoms with Crippen LogP contribution in [0.4, 0.5) is 5.69 Å². The lowest BCUT2D eigenvalue weighted by molar-refractivity contribution is -0.119. The zero-order valence-electron chi connectivity index (χ0n) is 14.6. The number of methoxy groups -OCH3 is 1. The number of carbonyl (C=O) groups is 1. The first-order valence-electron chi connectivity index (χ1n) is 8.54. The number of fused-ring (bicyclic) bond motifs is 1. The van der Waals surface area contributed by atoms with E-state index in [2.05, 4.69) is 5.32 Å². The van der Waals surface area contributed by atoms with Crippen LogP contribution in [0.25, 0.3) is 0 Å². The minimum Gasteiger partial charge on any atom is -0.497 e. The van der Waals surface area contributed by atoms with E-state index in [9.17, 15) is 4.79 Å². The zero-order chi connectivity index (χ0) is 19.0. The van der Waals surface area contributed by atoms with E-state index in [4.69, 9.17) is 27.9 Å². The van der Waals surface area contributed by atoms with Crippen LogP contribution in [0.2, 0.25) is 10.0 Å². The highest BCUT2D eigenvalue weighted by Crippen LogP contribution is 2.48. The molecule has 1 amide bonds. The molecule has 5 heteroatoms. The lowest BCUT2D eigenvalue weighted by atomic mass is 9.71. The van der Waals surface area contributed by atoms with Crippen molar-refractivity contribution < 1.29 is 9.53 Å². The van der Waals surface area contributed by atoms with Crippen LogP contribution in [0.5, 0.6) is 5.75 Å². The number of amides is 1. The van der Waals surface area contributed by atoms with Crippen molar-refractivity contribution in [2.45, 2.75) is 11.8 Å². The van der Waals surface area contributed by atoms with Crippen molar-refractivity contribution in [3.05, 3.63) is 93.5 Å². The molecule has 0 fully saturated rings. The second-order valence-electron chi connectivity index (χ2n) is 6.56. The Bertz CT molecular complexity index is 1030. The van der Waals surface area contributed by atoms with Gasteiger partial charge in [-0.15, -0.1) is 0 Å². The Balaban J connectivity index is 1.98. The van der Waals surface area contributed by atoms with Gasteiger partial charge in [-0.25, -0.2) is 0 Å². The predicted molar refractivity (Wildman–Crippen MR) is 109 cm³/mol. The van der Waals surface area contributed by atoms with Crippen molar-refractivity contribution >= 4 is 34.8 Å². The molecular weight excluding hydrogens is 381 g/mol. The van der Waals surface area contributed by atoms with Crippen molar-refractivity contribution in [2.24, 2.45) is 0 Å². The molecule has 1 aliphatic heterocycles. The summed E-state index contributed by atoms with van der Waals surface area (Å²) in [5.41, 5.74) is 2.33. The Morgan fingerprint density at radius 3 is 2.56 bits per heavy atom. The van der Waals surface area contributed by atoms with Gasteiger partial charge in [-0.05, 0) is 53.9 Å². The summed E-state index contributed by atoms with van der Waals surface area (Å²) in [4.78, 5) is 13.4. The fraction of sp³-hybridized carbons (Fsp3) is 0.136. The van der Waals surface area contributed by atoms with Crippen molar-refractivity contribution in [2.75, 3.05) is 12.4 Å². The Labute approximate surface area is 167 Å². The molecule has 1 N–H and O–H groups in total. The quantitative estimate of drug-likeness (QED) is 0.632. The second kappa shape index (κ2) is 6.91. The van der Waals surface area contributed by atoms with Gasteiger partial charge < -0.3 is 10.1 Å². The number of benzene rings is 3. The Kier molecular flexibility index (Phi) is 4.58. The fourth-order valence-corrected chi connectivity index (χ4v) is 4.34. The highest BCUT2D eigenvalue weighted by Gasteiger charge is 2.49. The van der Waals surface area contributed by atoms with E-state index < -0.39 is 5.41 Å². The zero-order valence-corrected chi connectivity index (χ0v) is 16.1. The van der Waals surface area contributed by atoms with Gasteiger partial charge in [-0.3, -0.25) is 4.79 Å². The maximum atomic E-state index is 13.4. The van der Waals surface area contributed by atoms with Crippen molar-refractivity contribution in [1.82, 2.24) is 0 Å². The predicted octanol–water partition coefficient (Wildman–Crippen LogP) is 5.48. The van der Waals surface area contributed by atoms with Gasteiger partial charge in [-0.1, -0.05) is 53.5 Å². The summed E-state index contributed by atoms with van der Waals surface area (Å²) in [5, 5.41) is 4.18. The Morgan fingerprint density at radius 2 is 1.78 bits per heavy atom. The monoisotopic (exact) mass is 397 g/mol. The molecule has 27 heavy (non-hydrogen) atoms. The van der Waals surface area contributed by atoms with Gasteiger partial charge in [0.1, 0.15) is 11.2 Å². The van der Waals surface area contributed by atoms with E-state index in [1.165, 1.54) is 0 Å². The lowest BCUT2D eigenvalue weighted by Crippen LogP contribution is -2.38. The average molecular weight is 398 g/mol. The van der Waals surface area contributed by atoms with Crippen LogP contribution in [0.15, 0.2) is 66.7 Å². The first-order valence-corrected chi connectivity index (χ1v) is 9.29. The maximum absolute atomic E-state index is 13.4. The largest absolute Gasteiger partial charge is 0.497 e. The van der Waals surface area contributed by atoms with Gasteiger partial charge in [0.05, 0.1) is 7.11 Å². The van der Waals surface area contributed by atoms with Crippen LogP contribution >= 0.6 is 23.2 Å². The number of hydrogen-bond donors (Lipinski definition) is 1. The summed E-state index contributed by atoms with van der Waals surface area (Å²) in [5.74, 6) is 0.574. The van der Waals surface area contributed by atoms with Crippen LogP contribution < -0.4 is 10.1 Å². The maximum Gasteiger partial charge on any atom is 0.239 e. The number of anilines is 1. The molecule has 0 saturated heterocycles. The molecule has 0 saturated carbocycles. The molecule has 0 aliphatic carbocycles. The second-order valence-corrected chi connectivity index (χ2v) is 7.40. The van der Waals surface area contributed by atoms with Gasteiger partial charge in [0, 0.05) is 21.3 Å². The first kappa shape index (κ1) is 17.9. The summed E-state index contributed by atoms with van der Waals surface area (Å²) in [6.45, 7) is 0. The molecule has 1 atom stereocenters. The van der Waals surface area contributed by atoms with Crippen LogP contribution in [-0.4, -0.2) is 13.0 Å². The van der Waals surface area contributed by atoms with Crippen LogP contribution in [0.3, 0.4) is 0 Å². The molecule has 3 aromatic carbocycles. The van der Waals surface area contributed by atoms with Gasteiger partial charge in [0.2, 0.25) is 5.91 Å². The third-order valence-corrected chi connectivity index (χ3v) is 5.55. The number of nitrogens with one attached hydrogen (secondary N) is 1. The van der Waals surface area contributed by atoms with Crippen LogP contribution in [-0.2, 0) is 16.6 Å². The molecule has 3 nitrogen and oxygen atoms in total. The summed E-state index contributed by atoms with van der Waals surface area (Å²) in [6, 6.07) is 20.6. The van der Waals surface area contributed by atoms with Crippen molar-refractivity contribution in [3.63, 3.8) is 0 Å². The summed E-state index contributed by atoms with van der Waals surface area (Å²) in [6.07, 6.45) is 0.434. The fourth-order valence-electron chi connectivity index (χ4n) is 3.79. The van der Waals surface area contributed by atoms with Crippen LogP contribution in [0.1, 0.15) is 16.7 Å². The van der Waals surface area contributed by atoms with E-state index in [0.29, 0.717) is 22.2 Å². The SMILES string of the molecule is COc1cccc(C2(Cc3cccc(Cl)c3)C(=O)Nc3cccc(Cl)c32)c1. The van der Waals surface area contributed by atoms with E-state index >= 15 is 0 Å². The molecule has 4 rings (SSSR count). The highest BCUT2D eigenvalue weighted by atomic mass is 35.5. The third-order valence-electron chi connectivity index (χ3n) is 5.00. The molecule has 0 bridgehead atoms. The standard InChI is InChI=1S/C22H17Cl2NO2/c1-27-17-8-3-6-15(12-17)22(13-14-5-2-7-16(23)11-14)20-18(24)9-4-10-19(20)25-21(22)26/h2-12H,13H2,1H3,(H,25,26). The smallest absolute Gasteiger partial charge is 0.239 e. The van der Waals surface area contributed by atoms with Gasteiger partial charge in [-0.2, -0.15) is 0 Å². The topological polar surface area (TPSA) is 38.3 Å². The lowest BCUT2D eigenvalue weighted by Gasteiger charge is -2.29. The summed E-state index contributed by atoms with van der Waals surface area (Å²) < 4.78 is 5.40. The molecule has 1 unspecified atom stereocenters. The third kappa shape index (κ3) is 2.97.